The number of aromatic nitrogens is 1. The monoisotopic (exact) mass is 254 g/mol. The number of hydrogen-bond donors (Lipinski definition) is 1. The molecule has 0 unspecified atom stereocenters. The Morgan fingerprint density at radius 1 is 1.35 bits per heavy atom. The number of thiazole rings is 1. The molecule has 0 aliphatic rings. The van der Waals surface area contributed by atoms with Gasteiger partial charge < -0.3 is 5.32 Å². The van der Waals surface area contributed by atoms with Crippen LogP contribution in [-0.4, -0.2) is 16.7 Å². The van der Waals surface area contributed by atoms with Crippen LogP contribution in [0.25, 0.3) is 0 Å². The fourth-order valence-electron chi connectivity index (χ4n) is 1.18. The third-order valence-electron chi connectivity index (χ3n) is 2.13. The lowest BCUT2D eigenvalue weighted by atomic mass is 10.1. The van der Waals surface area contributed by atoms with Crippen molar-refractivity contribution in [3.63, 3.8) is 0 Å². The Bertz CT molecular complexity index is 410. The van der Waals surface area contributed by atoms with Crippen molar-refractivity contribution in [2.24, 2.45) is 11.8 Å². The van der Waals surface area contributed by atoms with E-state index in [2.05, 4.69) is 10.3 Å². The summed E-state index contributed by atoms with van der Waals surface area (Å²) in [7, 11) is 0. The topological polar surface area (TPSA) is 59.1 Å². The second-order valence-corrected chi connectivity index (χ2v) is 5.73. The van der Waals surface area contributed by atoms with Crippen molar-refractivity contribution in [2.45, 2.75) is 34.1 Å². The first kappa shape index (κ1) is 13.8. The van der Waals surface area contributed by atoms with E-state index >= 15 is 0 Å². The zero-order chi connectivity index (χ0) is 13.0. The molecule has 17 heavy (non-hydrogen) atoms. The van der Waals surface area contributed by atoms with E-state index in [9.17, 15) is 9.59 Å². The van der Waals surface area contributed by atoms with Gasteiger partial charge >= 0.3 is 0 Å². The Morgan fingerprint density at radius 2 is 2.00 bits per heavy atom. The zero-order valence-electron chi connectivity index (χ0n) is 10.6. The SMILES string of the molecule is CC(C)CC(=O)c1cnc(NC(=O)C(C)C)s1. The van der Waals surface area contributed by atoms with E-state index < -0.39 is 0 Å². The Balaban J connectivity index is 2.65. The Kier molecular flexibility index (Phi) is 4.81. The number of nitrogens with one attached hydrogen (secondary N) is 1. The van der Waals surface area contributed by atoms with Gasteiger partial charge in [-0.05, 0) is 5.92 Å². The third-order valence-corrected chi connectivity index (χ3v) is 3.08. The fourth-order valence-corrected chi connectivity index (χ4v) is 1.95. The van der Waals surface area contributed by atoms with Crippen LogP contribution in [0.15, 0.2) is 6.20 Å². The lowest BCUT2D eigenvalue weighted by Crippen LogP contribution is -2.17. The lowest BCUT2D eigenvalue weighted by Gasteiger charge is -2.03. The number of nitrogens with zero attached hydrogens (tertiary/aromatic N) is 1. The summed E-state index contributed by atoms with van der Waals surface area (Å²) in [6.07, 6.45) is 2.05. The van der Waals surface area contributed by atoms with Crippen LogP contribution < -0.4 is 5.32 Å². The molecule has 5 heteroatoms. The molecule has 0 spiro atoms. The molecular weight excluding hydrogens is 236 g/mol. The predicted molar refractivity (Wildman–Crippen MR) is 69.4 cm³/mol. The van der Waals surface area contributed by atoms with Gasteiger partial charge in [0.2, 0.25) is 5.91 Å². The molecular formula is C12H18N2O2S. The maximum atomic E-state index is 11.7. The van der Waals surface area contributed by atoms with Gasteiger partial charge in [0.25, 0.3) is 0 Å². The lowest BCUT2D eigenvalue weighted by molar-refractivity contribution is -0.118. The second kappa shape index (κ2) is 5.91. The number of anilines is 1. The van der Waals surface area contributed by atoms with Gasteiger partial charge in [-0.2, -0.15) is 0 Å². The molecule has 1 amide bonds. The number of amides is 1. The van der Waals surface area contributed by atoms with Crippen LogP contribution in [0, 0.1) is 11.8 Å². The Morgan fingerprint density at radius 3 is 2.53 bits per heavy atom. The highest BCUT2D eigenvalue weighted by molar-refractivity contribution is 7.17. The standard InChI is InChI=1S/C12H18N2O2S/c1-7(2)5-9(15)10-6-13-12(17-10)14-11(16)8(3)4/h6-8H,5H2,1-4H3,(H,13,14,16). The first-order valence-electron chi connectivity index (χ1n) is 5.70. The summed E-state index contributed by atoms with van der Waals surface area (Å²) in [5, 5.41) is 3.18. The van der Waals surface area contributed by atoms with Crippen molar-refractivity contribution < 1.29 is 9.59 Å². The van der Waals surface area contributed by atoms with Gasteiger partial charge in [-0.25, -0.2) is 4.98 Å². The summed E-state index contributed by atoms with van der Waals surface area (Å²) < 4.78 is 0. The highest BCUT2D eigenvalue weighted by Gasteiger charge is 2.14. The molecule has 1 aromatic heterocycles. The summed E-state index contributed by atoms with van der Waals surface area (Å²) >= 11 is 1.24. The molecule has 0 atom stereocenters. The van der Waals surface area contributed by atoms with Crippen LogP contribution in [0.5, 0.6) is 0 Å². The normalized spacial score (nSPS) is 10.9. The Labute approximate surface area is 105 Å². The smallest absolute Gasteiger partial charge is 0.228 e. The minimum atomic E-state index is -0.0892. The van der Waals surface area contributed by atoms with Crippen molar-refractivity contribution in [3.8, 4) is 0 Å². The molecule has 0 bridgehead atoms. The van der Waals surface area contributed by atoms with E-state index in [4.69, 9.17) is 0 Å². The van der Waals surface area contributed by atoms with Crippen molar-refractivity contribution in [1.29, 1.82) is 0 Å². The third kappa shape index (κ3) is 4.26. The molecule has 0 aliphatic carbocycles. The van der Waals surface area contributed by atoms with E-state index in [1.54, 1.807) is 0 Å². The van der Waals surface area contributed by atoms with Crippen molar-refractivity contribution in [3.05, 3.63) is 11.1 Å². The molecule has 0 aliphatic heterocycles. The molecule has 0 saturated heterocycles. The molecule has 0 radical (unpaired) electrons. The maximum absolute atomic E-state index is 11.7. The molecule has 1 rings (SSSR count). The average molecular weight is 254 g/mol. The van der Waals surface area contributed by atoms with E-state index in [0.29, 0.717) is 22.3 Å². The predicted octanol–water partition coefficient (Wildman–Crippen LogP) is 2.97. The van der Waals surface area contributed by atoms with Gasteiger partial charge in [-0.1, -0.05) is 39.0 Å². The second-order valence-electron chi connectivity index (χ2n) is 4.69. The van der Waals surface area contributed by atoms with E-state index in [1.165, 1.54) is 17.5 Å². The van der Waals surface area contributed by atoms with Gasteiger partial charge in [0.15, 0.2) is 10.9 Å². The average Bonchev–Trinajstić information content (AvgIpc) is 2.65. The number of hydrogen-bond acceptors (Lipinski definition) is 4. The first-order valence-corrected chi connectivity index (χ1v) is 6.51. The minimum absolute atomic E-state index is 0.0813. The van der Waals surface area contributed by atoms with Crippen molar-refractivity contribution >= 4 is 28.2 Å². The van der Waals surface area contributed by atoms with E-state index in [1.807, 2.05) is 27.7 Å². The van der Waals surface area contributed by atoms with Gasteiger partial charge in [-0.3, -0.25) is 9.59 Å². The van der Waals surface area contributed by atoms with Gasteiger partial charge in [0.1, 0.15) is 0 Å². The van der Waals surface area contributed by atoms with Crippen LogP contribution in [0.3, 0.4) is 0 Å². The summed E-state index contributed by atoms with van der Waals surface area (Å²) in [5.74, 6) is 0.247. The molecule has 0 fully saturated rings. The molecule has 1 N–H and O–H groups in total. The van der Waals surface area contributed by atoms with Crippen LogP contribution in [0.4, 0.5) is 5.13 Å². The van der Waals surface area contributed by atoms with Gasteiger partial charge in [0, 0.05) is 12.3 Å². The molecule has 1 aromatic rings. The maximum Gasteiger partial charge on any atom is 0.228 e. The molecule has 0 saturated carbocycles. The molecule has 4 nitrogen and oxygen atoms in total. The molecule has 94 valence electrons. The van der Waals surface area contributed by atoms with Crippen LogP contribution >= 0.6 is 11.3 Å². The number of rotatable bonds is 5. The van der Waals surface area contributed by atoms with E-state index in [0.717, 1.165) is 0 Å². The quantitative estimate of drug-likeness (QED) is 0.822. The van der Waals surface area contributed by atoms with Crippen LogP contribution in [-0.2, 0) is 4.79 Å². The minimum Gasteiger partial charge on any atom is -0.302 e. The van der Waals surface area contributed by atoms with Crippen LogP contribution in [0.2, 0.25) is 0 Å². The molecule has 1 heterocycles. The van der Waals surface area contributed by atoms with Crippen LogP contribution in [0.1, 0.15) is 43.8 Å². The van der Waals surface area contributed by atoms with Gasteiger partial charge in [-0.15, -0.1) is 0 Å². The zero-order valence-corrected chi connectivity index (χ0v) is 11.4. The number of Topliss-reactive ketones (excluding diaryl/α,β-unsaturated/α-hetero) is 1. The highest BCUT2D eigenvalue weighted by Crippen LogP contribution is 2.21. The van der Waals surface area contributed by atoms with Crippen molar-refractivity contribution in [2.75, 3.05) is 5.32 Å². The first-order chi connectivity index (χ1) is 7.90. The fraction of sp³-hybridized carbons (Fsp3) is 0.583. The summed E-state index contributed by atoms with van der Waals surface area (Å²) in [6.45, 7) is 7.63. The van der Waals surface area contributed by atoms with Gasteiger partial charge in [0.05, 0.1) is 11.1 Å². The molecule has 0 aromatic carbocycles. The summed E-state index contributed by atoms with van der Waals surface area (Å²) in [4.78, 5) is 27.8. The largest absolute Gasteiger partial charge is 0.302 e. The van der Waals surface area contributed by atoms with Crippen molar-refractivity contribution in [1.82, 2.24) is 4.98 Å². The highest BCUT2D eigenvalue weighted by atomic mass is 32.1. The summed E-state index contributed by atoms with van der Waals surface area (Å²) in [5.41, 5.74) is 0. The number of ketones is 1. The Hall–Kier alpha value is -1.23. The summed E-state index contributed by atoms with van der Waals surface area (Å²) in [6, 6.07) is 0. The number of carbonyl (C=O) groups excluding carboxylic acids is 2. The number of carbonyl (C=O) groups is 2. The van der Waals surface area contributed by atoms with E-state index in [-0.39, 0.29) is 17.6 Å².